The molecule has 1 aliphatic rings. The van der Waals surface area contributed by atoms with E-state index in [0.29, 0.717) is 0 Å². The highest BCUT2D eigenvalue weighted by atomic mass is 32.1. The van der Waals surface area contributed by atoms with Crippen molar-refractivity contribution in [3.63, 3.8) is 0 Å². The van der Waals surface area contributed by atoms with E-state index in [2.05, 4.69) is 49.8 Å². The first-order valence-corrected chi connectivity index (χ1v) is 5.48. The minimum absolute atomic E-state index is 0.228. The van der Waals surface area contributed by atoms with Gasteiger partial charge in [-0.1, -0.05) is 32.9 Å². The lowest BCUT2D eigenvalue weighted by atomic mass is 9.86. The van der Waals surface area contributed by atoms with Crippen molar-refractivity contribution in [1.82, 2.24) is 0 Å². The van der Waals surface area contributed by atoms with Crippen LogP contribution in [0.2, 0.25) is 0 Å². The molecule has 0 spiro atoms. The Labute approximate surface area is 83.1 Å². The molecule has 0 saturated carbocycles. The van der Waals surface area contributed by atoms with E-state index in [1.54, 1.807) is 0 Å². The SMILES string of the molecule is CC(C)(C)c1cccc2c1NC=[SH]2. The smallest absolute Gasteiger partial charge is 0.0552 e. The van der Waals surface area contributed by atoms with Gasteiger partial charge in [0, 0.05) is 10.4 Å². The highest BCUT2D eigenvalue weighted by molar-refractivity contribution is 7.98. The summed E-state index contributed by atoms with van der Waals surface area (Å²) in [6.45, 7) is 6.75. The molecule has 1 heterocycles. The number of rotatable bonds is 0. The molecule has 0 amide bonds. The van der Waals surface area contributed by atoms with Crippen molar-refractivity contribution in [2.45, 2.75) is 31.1 Å². The molecule has 1 aromatic rings. The number of hydrogen-bond donors (Lipinski definition) is 2. The van der Waals surface area contributed by atoms with Crippen molar-refractivity contribution >= 4 is 22.5 Å². The molecule has 0 saturated heterocycles. The minimum atomic E-state index is 0.228. The fraction of sp³-hybridized carbons (Fsp3) is 0.364. The number of benzene rings is 1. The third-order valence-electron chi connectivity index (χ3n) is 2.26. The van der Waals surface area contributed by atoms with E-state index in [1.807, 2.05) is 0 Å². The Kier molecular flexibility index (Phi) is 1.95. The Morgan fingerprint density at radius 3 is 2.69 bits per heavy atom. The van der Waals surface area contributed by atoms with Crippen LogP contribution in [-0.4, -0.2) is 5.49 Å². The maximum Gasteiger partial charge on any atom is 0.0552 e. The zero-order valence-electron chi connectivity index (χ0n) is 8.26. The molecule has 1 aliphatic heterocycles. The van der Waals surface area contributed by atoms with Gasteiger partial charge in [-0.2, -0.15) is 11.4 Å². The summed E-state index contributed by atoms with van der Waals surface area (Å²) in [6, 6.07) is 6.54. The molecule has 0 fully saturated rings. The van der Waals surface area contributed by atoms with Gasteiger partial charge in [0.05, 0.1) is 5.69 Å². The third kappa shape index (κ3) is 1.51. The molecule has 1 aromatic carbocycles. The Bertz CT molecular complexity index is 361. The van der Waals surface area contributed by atoms with Crippen LogP contribution >= 0.6 is 11.4 Å². The van der Waals surface area contributed by atoms with Crippen LogP contribution in [0.5, 0.6) is 0 Å². The lowest BCUT2D eigenvalue weighted by Gasteiger charge is -2.22. The fourth-order valence-corrected chi connectivity index (χ4v) is 2.41. The molecule has 0 aliphatic carbocycles. The van der Waals surface area contributed by atoms with E-state index in [9.17, 15) is 0 Å². The summed E-state index contributed by atoms with van der Waals surface area (Å²) >= 11 is 1.29. The van der Waals surface area contributed by atoms with Gasteiger partial charge in [-0.15, -0.1) is 0 Å². The molecule has 0 aromatic heterocycles. The second kappa shape index (κ2) is 2.88. The van der Waals surface area contributed by atoms with Gasteiger partial charge in [0.2, 0.25) is 0 Å². The molecule has 70 valence electrons. The first kappa shape index (κ1) is 8.82. The summed E-state index contributed by atoms with van der Waals surface area (Å²) in [5, 5.41) is 3.34. The molecule has 0 radical (unpaired) electrons. The van der Waals surface area contributed by atoms with Crippen LogP contribution in [0.15, 0.2) is 23.1 Å². The predicted octanol–water partition coefficient (Wildman–Crippen LogP) is 2.99. The first-order valence-electron chi connectivity index (χ1n) is 4.51. The van der Waals surface area contributed by atoms with Crippen LogP contribution in [-0.2, 0) is 5.41 Å². The number of fused-ring (bicyclic) bond motifs is 1. The highest BCUT2D eigenvalue weighted by Gasteiger charge is 2.20. The summed E-state index contributed by atoms with van der Waals surface area (Å²) in [5.74, 6) is 0. The van der Waals surface area contributed by atoms with Gasteiger partial charge in [-0.3, -0.25) is 0 Å². The number of anilines is 1. The second-order valence-electron chi connectivity index (χ2n) is 4.35. The summed E-state index contributed by atoms with van der Waals surface area (Å²) in [5.41, 5.74) is 5.05. The second-order valence-corrected chi connectivity index (χ2v) is 5.35. The summed E-state index contributed by atoms with van der Waals surface area (Å²) in [7, 11) is 0. The van der Waals surface area contributed by atoms with Gasteiger partial charge >= 0.3 is 0 Å². The maximum atomic E-state index is 3.34. The van der Waals surface area contributed by atoms with Crippen LogP contribution in [0.1, 0.15) is 26.3 Å². The molecule has 2 heteroatoms. The fourth-order valence-electron chi connectivity index (χ4n) is 1.59. The van der Waals surface area contributed by atoms with Gasteiger partial charge in [-0.25, -0.2) is 0 Å². The normalized spacial score (nSPS) is 14.7. The first-order chi connectivity index (χ1) is 6.09. The van der Waals surface area contributed by atoms with E-state index in [1.165, 1.54) is 27.5 Å². The minimum Gasteiger partial charge on any atom is -0.356 e. The molecule has 0 unspecified atom stereocenters. The van der Waals surface area contributed by atoms with Crippen molar-refractivity contribution in [1.29, 1.82) is 0 Å². The number of nitrogens with one attached hydrogen (secondary N) is 1. The van der Waals surface area contributed by atoms with Crippen molar-refractivity contribution in [3.05, 3.63) is 23.8 Å². The van der Waals surface area contributed by atoms with E-state index >= 15 is 0 Å². The molecule has 1 nitrogen and oxygen atoms in total. The van der Waals surface area contributed by atoms with Gasteiger partial charge in [-0.05, 0) is 17.0 Å². The van der Waals surface area contributed by atoms with Gasteiger partial charge in [0.1, 0.15) is 0 Å². The summed E-state index contributed by atoms with van der Waals surface area (Å²) in [4.78, 5) is 1.40. The monoisotopic (exact) mass is 193 g/mol. The van der Waals surface area contributed by atoms with Gasteiger partial charge in [0.25, 0.3) is 0 Å². The van der Waals surface area contributed by atoms with Crippen LogP contribution in [0, 0.1) is 0 Å². The standard InChI is InChI=1S/C11H15NS/c1-11(2,3)8-5-4-6-9-10(8)12-7-13-9/h4-7,12-13H,1-3H3. The van der Waals surface area contributed by atoms with Gasteiger partial charge in [0.15, 0.2) is 0 Å². The Balaban J connectivity index is 2.57. The summed E-state index contributed by atoms with van der Waals surface area (Å²) in [6.07, 6.45) is 0. The number of hydrogen-bond acceptors (Lipinski definition) is 1. The predicted molar refractivity (Wildman–Crippen MR) is 62.1 cm³/mol. The molecule has 13 heavy (non-hydrogen) atoms. The Morgan fingerprint density at radius 2 is 2.00 bits per heavy atom. The van der Waals surface area contributed by atoms with Crippen molar-refractivity contribution in [3.8, 4) is 0 Å². The average Bonchev–Trinajstić information content (AvgIpc) is 2.48. The molecule has 1 N–H and O–H groups in total. The van der Waals surface area contributed by atoms with Crippen molar-refractivity contribution < 1.29 is 0 Å². The summed E-state index contributed by atoms with van der Waals surface area (Å²) < 4.78 is 0. The molecule has 0 atom stereocenters. The zero-order chi connectivity index (χ0) is 9.47. The topological polar surface area (TPSA) is 12.0 Å². The zero-order valence-corrected chi connectivity index (χ0v) is 9.15. The van der Waals surface area contributed by atoms with E-state index in [-0.39, 0.29) is 5.41 Å². The number of thiol groups is 1. The Hall–Kier alpha value is -0.760. The lowest BCUT2D eigenvalue weighted by Crippen LogP contribution is -2.13. The lowest BCUT2D eigenvalue weighted by molar-refractivity contribution is 0.591. The molecule has 2 rings (SSSR count). The molecule has 0 bridgehead atoms. The van der Waals surface area contributed by atoms with E-state index < -0.39 is 0 Å². The molecular weight excluding hydrogens is 178 g/mol. The van der Waals surface area contributed by atoms with Crippen molar-refractivity contribution in [2.24, 2.45) is 0 Å². The van der Waals surface area contributed by atoms with Gasteiger partial charge < -0.3 is 5.32 Å². The highest BCUT2D eigenvalue weighted by Crippen LogP contribution is 2.36. The maximum absolute atomic E-state index is 3.34. The van der Waals surface area contributed by atoms with Crippen LogP contribution in [0.3, 0.4) is 0 Å². The van der Waals surface area contributed by atoms with E-state index in [0.717, 1.165) is 0 Å². The average molecular weight is 193 g/mol. The largest absolute Gasteiger partial charge is 0.356 e. The Morgan fingerprint density at radius 1 is 1.23 bits per heavy atom. The van der Waals surface area contributed by atoms with E-state index in [4.69, 9.17) is 0 Å². The van der Waals surface area contributed by atoms with Crippen molar-refractivity contribution in [2.75, 3.05) is 5.32 Å². The van der Waals surface area contributed by atoms with Crippen LogP contribution in [0.4, 0.5) is 5.69 Å². The third-order valence-corrected chi connectivity index (χ3v) is 3.17. The van der Waals surface area contributed by atoms with Crippen LogP contribution in [0.25, 0.3) is 0 Å². The quantitative estimate of drug-likeness (QED) is 0.477. The van der Waals surface area contributed by atoms with Crippen LogP contribution < -0.4 is 5.32 Å². The molecular formula is C11H15NS. The number of para-hydroxylation sites is 1.